The maximum Gasteiger partial charge on any atom is 0.0587 e. The average molecular weight is 302 g/mol. The minimum Gasteiger partial charge on any atom is -0.383 e. The Kier molecular flexibility index (Phi) is 5.52. The summed E-state index contributed by atoms with van der Waals surface area (Å²) in [5.74, 6) is 0. The number of hydrogen-bond donors (Lipinski definition) is 1. The number of hydrogen-bond acceptors (Lipinski definition) is 2. The molecule has 0 saturated heterocycles. The number of nitrogens with one attached hydrogen (secondary N) is 1. The molecule has 0 unspecified atom stereocenters. The van der Waals surface area contributed by atoms with Gasteiger partial charge in [0.1, 0.15) is 0 Å². The van der Waals surface area contributed by atoms with Gasteiger partial charge in [0, 0.05) is 30.2 Å². The molecule has 0 atom stereocenters. The van der Waals surface area contributed by atoms with Gasteiger partial charge < -0.3 is 10.1 Å². The molecule has 1 N–H and O–H groups in total. The van der Waals surface area contributed by atoms with Crippen molar-refractivity contribution in [2.45, 2.75) is 25.7 Å². The van der Waals surface area contributed by atoms with E-state index < -0.39 is 0 Å². The van der Waals surface area contributed by atoms with E-state index in [1.165, 1.54) is 24.8 Å². The highest BCUT2D eigenvalue weighted by Gasteiger charge is 2.36. The zero-order chi connectivity index (χ0) is 13.7. The van der Waals surface area contributed by atoms with Gasteiger partial charge in [0.05, 0.1) is 6.61 Å². The standard InChI is InChI=1S/C15H21Cl2NO/c1-19-8-7-18-11-15(5-2-6-15)10-12-3-4-13(16)9-14(12)17/h3-4,9,18H,2,5-8,10-11H2,1H3. The van der Waals surface area contributed by atoms with Gasteiger partial charge in [-0.15, -0.1) is 0 Å². The number of halogens is 2. The van der Waals surface area contributed by atoms with Gasteiger partial charge in [-0.1, -0.05) is 35.7 Å². The fraction of sp³-hybridized carbons (Fsp3) is 0.600. The van der Waals surface area contributed by atoms with E-state index in [4.69, 9.17) is 27.9 Å². The van der Waals surface area contributed by atoms with E-state index in [9.17, 15) is 0 Å². The monoisotopic (exact) mass is 301 g/mol. The second-order valence-corrected chi connectivity index (χ2v) is 6.28. The first-order valence-corrected chi connectivity index (χ1v) is 7.54. The van der Waals surface area contributed by atoms with Gasteiger partial charge in [-0.2, -0.15) is 0 Å². The molecule has 19 heavy (non-hydrogen) atoms. The highest BCUT2D eigenvalue weighted by molar-refractivity contribution is 6.35. The molecule has 0 amide bonds. The molecular weight excluding hydrogens is 281 g/mol. The van der Waals surface area contributed by atoms with Gasteiger partial charge in [0.15, 0.2) is 0 Å². The maximum atomic E-state index is 6.28. The van der Waals surface area contributed by atoms with E-state index >= 15 is 0 Å². The maximum absolute atomic E-state index is 6.28. The third-order valence-electron chi connectivity index (χ3n) is 3.98. The third kappa shape index (κ3) is 4.09. The van der Waals surface area contributed by atoms with Crippen LogP contribution in [0.5, 0.6) is 0 Å². The predicted molar refractivity (Wildman–Crippen MR) is 81.2 cm³/mol. The fourth-order valence-electron chi connectivity index (χ4n) is 2.69. The lowest BCUT2D eigenvalue weighted by Crippen LogP contribution is -2.42. The van der Waals surface area contributed by atoms with E-state index in [-0.39, 0.29) is 0 Å². The molecule has 2 rings (SSSR count). The second-order valence-electron chi connectivity index (χ2n) is 5.44. The van der Waals surface area contributed by atoms with Gasteiger partial charge >= 0.3 is 0 Å². The molecule has 0 spiro atoms. The van der Waals surface area contributed by atoms with Crippen LogP contribution in [0.3, 0.4) is 0 Å². The zero-order valence-corrected chi connectivity index (χ0v) is 12.9. The molecule has 4 heteroatoms. The molecular formula is C15H21Cl2NO. The minimum absolute atomic E-state index is 0.366. The lowest BCUT2D eigenvalue weighted by atomic mass is 9.65. The van der Waals surface area contributed by atoms with Crippen LogP contribution in [0.15, 0.2) is 18.2 Å². The Bertz CT molecular complexity index is 419. The Morgan fingerprint density at radius 1 is 1.32 bits per heavy atom. The van der Waals surface area contributed by atoms with Crippen LogP contribution in [-0.2, 0) is 11.2 Å². The fourth-order valence-corrected chi connectivity index (χ4v) is 3.16. The van der Waals surface area contributed by atoms with Gasteiger partial charge in [-0.25, -0.2) is 0 Å². The van der Waals surface area contributed by atoms with Crippen LogP contribution in [0.2, 0.25) is 10.0 Å². The SMILES string of the molecule is COCCNCC1(Cc2ccc(Cl)cc2Cl)CCC1. The molecule has 106 valence electrons. The lowest BCUT2D eigenvalue weighted by Gasteiger charge is -2.42. The summed E-state index contributed by atoms with van der Waals surface area (Å²) in [4.78, 5) is 0. The van der Waals surface area contributed by atoms with E-state index in [0.29, 0.717) is 10.4 Å². The van der Waals surface area contributed by atoms with Crippen LogP contribution < -0.4 is 5.32 Å². The Morgan fingerprint density at radius 3 is 2.68 bits per heavy atom. The molecule has 0 aromatic heterocycles. The molecule has 1 aromatic carbocycles. The molecule has 0 radical (unpaired) electrons. The van der Waals surface area contributed by atoms with Crippen molar-refractivity contribution < 1.29 is 4.74 Å². The molecule has 1 saturated carbocycles. The van der Waals surface area contributed by atoms with Crippen molar-refractivity contribution in [1.29, 1.82) is 0 Å². The summed E-state index contributed by atoms with van der Waals surface area (Å²) in [5.41, 5.74) is 1.57. The zero-order valence-electron chi connectivity index (χ0n) is 11.3. The van der Waals surface area contributed by atoms with Crippen LogP contribution >= 0.6 is 23.2 Å². The molecule has 2 nitrogen and oxygen atoms in total. The van der Waals surface area contributed by atoms with Crippen molar-refractivity contribution >= 4 is 23.2 Å². The molecule has 1 aliphatic carbocycles. The first-order valence-electron chi connectivity index (χ1n) is 6.79. The average Bonchev–Trinajstić information content (AvgIpc) is 2.34. The molecule has 0 heterocycles. The summed E-state index contributed by atoms with van der Waals surface area (Å²) < 4.78 is 5.06. The van der Waals surface area contributed by atoms with E-state index in [0.717, 1.165) is 31.1 Å². The van der Waals surface area contributed by atoms with Crippen molar-refractivity contribution in [1.82, 2.24) is 5.32 Å². The summed E-state index contributed by atoms with van der Waals surface area (Å²) in [5, 5.41) is 4.98. The number of benzene rings is 1. The number of ether oxygens (including phenoxy) is 1. The first kappa shape index (κ1) is 15.1. The van der Waals surface area contributed by atoms with Crippen LogP contribution in [0.25, 0.3) is 0 Å². The van der Waals surface area contributed by atoms with Crippen molar-refractivity contribution in [3.05, 3.63) is 33.8 Å². The molecule has 1 fully saturated rings. The quantitative estimate of drug-likeness (QED) is 0.770. The third-order valence-corrected chi connectivity index (χ3v) is 4.56. The minimum atomic E-state index is 0.366. The molecule has 0 aliphatic heterocycles. The largest absolute Gasteiger partial charge is 0.383 e. The molecule has 1 aliphatic rings. The molecule has 0 bridgehead atoms. The smallest absolute Gasteiger partial charge is 0.0587 e. The van der Waals surface area contributed by atoms with E-state index in [1.807, 2.05) is 12.1 Å². The van der Waals surface area contributed by atoms with Gasteiger partial charge in [0.25, 0.3) is 0 Å². The number of methoxy groups -OCH3 is 1. The van der Waals surface area contributed by atoms with Gasteiger partial charge in [0.2, 0.25) is 0 Å². The highest BCUT2D eigenvalue weighted by atomic mass is 35.5. The van der Waals surface area contributed by atoms with Crippen molar-refractivity contribution in [3.8, 4) is 0 Å². The highest BCUT2D eigenvalue weighted by Crippen LogP contribution is 2.44. The van der Waals surface area contributed by atoms with Crippen molar-refractivity contribution in [2.24, 2.45) is 5.41 Å². The normalized spacial score (nSPS) is 17.2. The topological polar surface area (TPSA) is 21.3 Å². The Labute approximate surface area is 125 Å². The first-order chi connectivity index (χ1) is 9.15. The van der Waals surface area contributed by atoms with Gasteiger partial charge in [-0.3, -0.25) is 0 Å². The summed E-state index contributed by atoms with van der Waals surface area (Å²) in [6, 6.07) is 5.82. The molecule has 1 aromatic rings. The Morgan fingerprint density at radius 2 is 2.11 bits per heavy atom. The summed E-state index contributed by atoms with van der Waals surface area (Å²) in [7, 11) is 1.73. The Hall–Kier alpha value is -0.280. The number of rotatable bonds is 7. The summed E-state index contributed by atoms with van der Waals surface area (Å²) in [6.45, 7) is 2.71. The summed E-state index contributed by atoms with van der Waals surface area (Å²) in [6.07, 6.45) is 4.89. The van der Waals surface area contributed by atoms with Gasteiger partial charge in [-0.05, 0) is 42.4 Å². The van der Waals surface area contributed by atoms with E-state index in [1.54, 1.807) is 7.11 Å². The van der Waals surface area contributed by atoms with Crippen LogP contribution in [0.1, 0.15) is 24.8 Å². The second kappa shape index (κ2) is 6.94. The Balaban J connectivity index is 1.94. The predicted octanol–water partition coefficient (Wildman–Crippen LogP) is 3.94. The van der Waals surface area contributed by atoms with Crippen LogP contribution in [-0.4, -0.2) is 26.8 Å². The lowest BCUT2D eigenvalue weighted by molar-refractivity contribution is 0.123. The van der Waals surface area contributed by atoms with Crippen LogP contribution in [0.4, 0.5) is 0 Å². The van der Waals surface area contributed by atoms with Crippen LogP contribution in [0, 0.1) is 5.41 Å². The van der Waals surface area contributed by atoms with E-state index in [2.05, 4.69) is 11.4 Å². The van der Waals surface area contributed by atoms with Crippen molar-refractivity contribution in [2.75, 3.05) is 26.8 Å². The summed E-state index contributed by atoms with van der Waals surface area (Å²) >= 11 is 12.2. The van der Waals surface area contributed by atoms with Crippen molar-refractivity contribution in [3.63, 3.8) is 0 Å².